The number of nitrogens with zero attached hydrogens (tertiary/aromatic N) is 1. The fourth-order valence-corrected chi connectivity index (χ4v) is 3.32. The predicted molar refractivity (Wildman–Crippen MR) is 88.9 cm³/mol. The van der Waals surface area contributed by atoms with Crippen LogP contribution in [0.5, 0.6) is 5.75 Å². The van der Waals surface area contributed by atoms with Gasteiger partial charge >= 0.3 is 0 Å². The first kappa shape index (κ1) is 16.3. The molecule has 0 radical (unpaired) electrons. The van der Waals surface area contributed by atoms with Gasteiger partial charge in [-0.05, 0) is 37.2 Å². The summed E-state index contributed by atoms with van der Waals surface area (Å²) in [5.41, 5.74) is 2.72. The molecule has 0 saturated carbocycles. The van der Waals surface area contributed by atoms with E-state index in [1.54, 1.807) is 0 Å². The van der Waals surface area contributed by atoms with Gasteiger partial charge in [0.1, 0.15) is 5.75 Å². The molecule has 1 unspecified atom stereocenters. The molecule has 1 aliphatic rings. The first-order valence-electron chi connectivity index (χ1n) is 8.27. The molecule has 0 amide bonds. The molecular weight excluding hydrogens is 260 g/mol. The average molecular weight is 290 g/mol. The highest BCUT2D eigenvalue weighted by Crippen LogP contribution is 2.25. The highest BCUT2D eigenvalue weighted by Gasteiger charge is 2.20. The molecule has 1 aromatic rings. The summed E-state index contributed by atoms with van der Waals surface area (Å²) in [6, 6.07) is 7.19. The molecule has 0 fully saturated rings. The molecule has 1 N–H and O–H groups in total. The van der Waals surface area contributed by atoms with Gasteiger partial charge in [-0.25, -0.2) is 0 Å². The topological polar surface area (TPSA) is 24.5 Å². The quantitative estimate of drug-likeness (QED) is 0.796. The highest BCUT2D eigenvalue weighted by molar-refractivity contribution is 5.39. The van der Waals surface area contributed by atoms with E-state index in [4.69, 9.17) is 4.74 Å². The average Bonchev–Trinajstić information content (AvgIpc) is 2.94. The lowest BCUT2D eigenvalue weighted by atomic mass is 9.93. The summed E-state index contributed by atoms with van der Waals surface area (Å²) in [6.07, 6.45) is 3.55. The van der Waals surface area contributed by atoms with E-state index in [0.717, 1.165) is 37.8 Å². The van der Waals surface area contributed by atoms with E-state index in [0.29, 0.717) is 6.04 Å². The van der Waals surface area contributed by atoms with Crippen molar-refractivity contribution in [1.82, 2.24) is 10.2 Å². The van der Waals surface area contributed by atoms with Crippen LogP contribution in [-0.4, -0.2) is 38.2 Å². The Labute approximate surface area is 129 Å². The van der Waals surface area contributed by atoms with Crippen molar-refractivity contribution in [3.8, 4) is 5.75 Å². The largest absolute Gasteiger partial charge is 0.493 e. The van der Waals surface area contributed by atoms with E-state index in [1.165, 1.54) is 24.0 Å². The van der Waals surface area contributed by atoms with Crippen LogP contribution in [0.3, 0.4) is 0 Å². The summed E-state index contributed by atoms with van der Waals surface area (Å²) < 4.78 is 5.56. The van der Waals surface area contributed by atoms with Gasteiger partial charge in [0, 0.05) is 25.6 Å². The van der Waals surface area contributed by atoms with Gasteiger partial charge in [0.25, 0.3) is 0 Å². The Balaban J connectivity index is 1.87. The standard InChI is InChI=1S/C18H30N2O/c1-5-15(6-2)17(20(3)4)13-19-12-14-7-8-18-16(11-14)9-10-21-18/h7-8,11,15,17,19H,5-6,9-10,12-13H2,1-4H3. The molecule has 1 aliphatic heterocycles. The van der Waals surface area contributed by atoms with Gasteiger partial charge in [0.15, 0.2) is 0 Å². The molecule has 0 bridgehead atoms. The monoisotopic (exact) mass is 290 g/mol. The van der Waals surface area contributed by atoms with Gasteiger partial charge in [0.05, 0.1) is 6.61 Å². The fourth-order valence-electron chi connectivity index (χ4n) is 3.32. The minimum Gasteiger partial charge on any atom is -0.493 e. The van der Waals surface area contributed by atoms with E-state index < -0.39 is 0 Å². The van der Waals surface area contributed by atoms with E-state index in [-0.39, 0.29) is 0 Å². The van der Waals surface area contributed by atoms with Crippen molar-refractivity contribution in [2.75, 3.05) is 27.2 Å². The molecule has 1 aromatic carbocycles. The number of hydrogen-bond donors (Lipinski definition) is 1. The van der Waals surface area contributed by atoms with Crippen molar-refractivity contribution < 1.29 is 4.74 Å². The van der Waals surface area contributed by atoms with Crippen molar-refractivity contribution in [2.24, 2.45) is 5.92 Å². The molecule has 2 rings (SSSR count). The maximum Gasteiger partial charge on any atom is 0.122 e. The molecule has 3 heteroatoms. The lowest BCUT2D eigenvalue weighted by Gasteiger charge is -2.31. The summed E-state index contributed by atoms with van der Waals surface area (Å²) >= 11 is 0. The summed E-state index contributed by atoms with van der Waals surface area (Å²) in [4.78, 5) is 2.36. The van der Waals surface area contributed by atoms with Crippen molar-refractivity contribution in [2.45, 2.75) is 45.7 Å². The van der Waals surface area contributed by atoms with Crippen molar-refractivity contribution in [1.29, 1.82) is 0 Å². The number of fused-ring (bicyclic) bond motifs is 1. The van der Waals surface area contributed by atoms with Crippen LogP contribution in [0.25, 0.3) is 0 Å². The van der Waals surface area contributed by atoms with Gasteiger partial charge in [-0.2, -0.15) is 0 Å². The van der Waals surface area contributed by atoms with Crippen LogP contribution in [0.2, 0.25) is 0 Å². The Hall–Kier alpha value is -1.06. The third-order valence-corrected chi connectivity index (χ3v) is 4.69. The van der Waals surface area contributed by atoms with Gasteiger partial charge in [-0.15, -0.1) is 0 Å². The molecule has 3 nitrogen and oxygen atoms in total. The Morgan fingerprint density at radius 1 is 1.24 bits per heavy atom. The molecule has 0 spiro atoms. The molecule has 21 heavy (non-hydrogen) atoms. The molecule has 0 aromatic heterocycles. The first-order valence-corrected chi connectivity index (χ1v) is 8.27. The Morgan fingerprint density at radius 3 is 2.67 bits per heavy atom. The minimum absolute atomic E-state index is 0.609. The van der Waals surface area contributed by atoms with E-state index in [2.05, 4.69) is 56.4 Å². The highest BCUT2D eigenvalue weighted by atomic mass is 16.5. The first-order chi connectivity index (χ1) is 10.2. The van der Waals surface area contributed by atoms with E-state index in [9.17, 15) is 0 Å². The number of hydrogen-bond acceptors (Lipinski definition) is 3. The van der Waals surface area contributed by atoms with Crippen LogP contribution in [0.1, 0.15) is 37.8 Å². The zero-order chi connectivity index (χ0) is 15.2. The Kier molecular flexibility index (Phi) is 6.07. The zero-order valence-corrected chi connectivity index (χ0v) is 14.0. The van der Waals surface area contributed by atoms with Crippen molar-refractivity contribution in [3.63, 3.8) is 0 Å². The van der Waals surface area contributed by atoms with Crippen molar-refractivity contribution >= 4 is 0 Å². The smallest absolute Gasteiger partial charge is 0.122 e. The maximum absolute atomic E-state index is 5.56. The van der Waals surface area contributed by atoms with Gasteiger partial charge in [-0.1, -0.05) is 38.8 Å². The SMILES string of the molecule is CCC(CC)C(CNCc1ccc2c(c1)CCO2)N(C)C. The molecule has 0 aliphatic carbocycles. The van der Waals surface area contributed by atoms with Gasteiger partial charge in [0.2, 0.25) is 0 Å². The molecule has 1 heterocycles. The second-order valence-electron chi connectivity index (χ2n) is 6.28. The predicted octanol–water partition coefficient (Wildman–Crippen LogP) is 3.08. The number of likely N-dealkylation sites (N-methyl/N-ethyl adjacent to an activating group) is 1. The number of nitrogens with one attached hydrogen (secondary N) is 1. The summed E-state index contributed by atoms with van der Waals surface area (Å²) in [6.45, 7) is 7.42. The zero-order valence-electron chi connectivity index (χ0n) is 14.0. The lowest BCUT2D eigenvalue weighted by molar-refractivity contribution is 0.194. The number of rotatable bonds is 8. The molecule has 0 saturated heterocycles. The Bertz CT molecular complexity index is 441. The maximum atomic E-state index is 5.56. The van der Waals surface area contributed by atoms with Crippen LogP contribution in [0.4, 0.5) is 0 Å². The third-order valence-electron chi connectivity index (χ3n) is 4.69. The lowest BCUT2D eigenvalue weighted by Crippen LogP contribution is -2.42. The second-order valence-corrected chi connectivity index (χ2v) is 6.28. The van der Waals surface area contributed by atoms with Crippen LogP contribution in [0.15, 0.2) is 18.2 Å². The molecule has 118 valence electrons. The molecular formula is C18H30N2O. The van der Waals surface area contributed by atoms with Crippen LogP contribution >= 0.6 is 0 Å². The normalized spacial score (nSPS) is 15.3. The summed E-state index contributed by atoms with van der Waals surface area (Å²) in [7, 11) is 4.38. The van der Waals surface area contributed by atoms with Gasteiger partial charge < -0.3 is 15.0 Å². The van der Waals surface area contributed by atoms with Crippen LogP contribution < -0.4 is 10.1 Å². The second kappa shape index (κ2) is 7.81. The van der Waals surface area contributed by atoms with E-state index in [1.807, 2.05) is 0 Å². The van der Waals surface area contributed by atoms with Crippen molar-refractivity contribution in [3.05, 3.63) is 29.3 Å². The van der Waals surface area contributed by atoms with E-state index >= 15 is 0 Å². The number of benzene rings is 1. The Morgan fingerprint density at radius 2 is 2.00 bits per heavy atom. The van der Waals surface area contributed by atoms with Crippen LogP contribution in [0, 0.1) is 5.92 Å². The third kappa shape index (κ3) is 4.21. The summed E-state index contributed by atoms with van der Waals surface area (Å²) in [5, 5.41) is 3.64. The van der Waals surface area contributed by atoms with Gasteiger partial charge in [-0.3, -0.25) is 0 Å². The molecule has 1 atom stereocenters. The number of ether oxygens (including phenoxy) is 1. The minimum atomic E-state index is 0.609. The summed E-state index contributed by atoms with van der Waals surface area (Å²) in [5.74, 6) is 1.84. The van der Waals surface area contributed by atoms with Crippen LogP contribution in [-0.2, 0) is 13.0 Å². The fraction of sp³-hybridized carbons (Fsp3) is 0.667.